The van der Waals surface area contributed by atoms with Crippen molar-refractivity contribution in [3.8, 4) is 28.7 Å². The lowest BCUT2D eigenvalue weighted by atomic mass is 9.94. The van der Waals surface area contributed by atoms with E-state index in [2.05, 4.69) is 0 Å². The molecule has 0 aliphatic carbocycles. The molecule has 0 bridgehead atoms. The number of phenols is 4. The summed E-state index contributed by atoms with van der Waals surface area (Å²) in [6, 6.07) is 6.67. The molecule has 7 heteroatoms. The van der Waals surface area contributed by atoms with Gasteiger partial charge in [-0.15, -0.1) is 0 Å². The molecular weight excluding hydrogens is 287 g/mol. The highest BCUT2D eigenvalue weighted by Crippen LogP contribution is 2.42. The second kappa shape index (κ2) is 5.69. The fourth-order valence-corrected chi connectivity index (χ4v) is 2.47. The first kappa shape index (κ1) is 15.8. The average molecular weight is 304 g/mol. The zero-order valence-electron chi connectivity index (χ0n) is 10.9. The molecule has 1 aliphatic rings. The summed E-state index contributed by atoms with van der Waals surface area (Å²) in [5, 5.41) is 48.3. The molecule has 6 nitrogen and oxygen atoms in total. The number of aliphatic hydroxyl groups excluding tert-OH is 1. The van der Waals surface area contributed by atoms with Crippen molar-refractivity contribution < 1.29 is 30.3 Å². The average Bonchev–Trinajstić information content (AvgIpc) is 2.42. The Morgan fingerprint density at radius 1 is 0.909 bits per heavy atom. The third kappa shape index (κ3) is 2.63. The minimum atomic E-state index is -0.933. The smallest absolute Gasteiger partial charge is 0.157 e. The van der Waals surface area contributed by atoms with Gasteiger partial charge >= 0.3 is 0 Å². The van der Waals surface area contributed by atoms with Crippen molar-refractivity contribution in [1.29, 1.82) is 0 Å². The van der Waals surface area contributed by atoms with Crippen molar-refractivity contribution >= 4 is 8.41 Å². The van der Waals surface area contributed by atoms with E-state index in [-0.39, 0.29) is 43.6 Å². The summed E-state index contributed by atoms with van der Waals surface area (Å²) in [6.07, 6.45) is -1.56. The van der Waals surface area contributed by atoms with Crippen LogP contribution in [-0.4, -0.2) is 40.0 Å². The molecule has 2 aromatic rings. The van der Waals surface area contributed by atoms with Crippen molar-refractivity contribution in [3.63, 3.8) is 0 Å². The Labute approximate surface area is 128 Å². The zero-order chi connectivity index (χ0) is 15.1. The minimum absolute atomic E-state index is 0. The minimum Gasteiger partial charge on any atom is -0.508 e. The largest absolute Gasteiger partial charge is 0.508 e. The van der Waals surface area contributed by atoms with E-state index in [1.165, 1.54) is 30.3 Å². The van der Waals surface area contributed by atoms with Crippen molar-refractivity contribution in [2.45, 2.75) is 18.6 Å². The lowest BCUT2D eigenvalue weighted by Gasteiger charge is -2.31. The van der Waals surface area contributed by atoms with Crippen LogP contribution in [0.3, 0.4) is 0 Å². The van der Waals surface area contributed by atoms with Gasteiger partial charge in [-0.25, -0.2) is 0 Å². The normalized spacial score (nSPS) is 19.7. The maximum atomic E-state index is 10.2. The van der Waals surface area contributed by atoms with Gasteiger partial charge in [0.05, 0.1) is 14.5 Å². The summed E-state index contributed by atoms with van der Waals surface area (Å²) >= 11 is 0. The van der Waals surface area contributed by atoms with Gasteiger partial charge in [0.2, 0.25) is 0 Å². The summed E-state index contributed by atoms with van der Waals surface area (Å²) in [7, 11) is 0. The predicted octanol–water partition coefficient (Wildman–Crippen LogP) is 0.362. The maximum Gasteiger partial charge on any atom is 0.157 e. The van der Waals surface area contributed by atoms with Gasteiger partial charge in [0.1, 0.15) is 23.4 Å². The summed E-state index contributed by atoms with van der Waals surface area (Å²) in [5.74, 6) is -0.589. The zero-order valence-corrected chi connectivity index (χ0v) is 10.9. The quantitative estimate of drug-likeness (QED) is 0.384. The van der Waals surface area contributed by atoms with Crippen LogP contribution in [0.25, 0.3) is 0 Å². The topological polar surface area (TPSA) is 110 Å². The van der Waals surface area contributed by atoms with Crippen molar-refractivity contribution in [2.75, 3.05) is 0 Å². The Morgan fingerprint density at radius 2 is 1.64 bits per heavy atom. The number of phenolic OH excluding ortho intramolecular Hbond substituents is 4. The first-order chi connectivity index (χ1) is 9.95. The SMILES string of the molecule is B.Oc1cc(O)c2c(c1)OC(c1ccc(O)c(O)c1)C(O)C2. The highest BCUT2D eigenvalue weighted by Gasteiger charge is 2.32. The number of ether oxygens (including phenoxy) is 1. The molecule has 116 valence electrons. The van der Waals surface area contributed by atoms with E-state index in [9.17, 15) is 25.5 Å². The molecule has 1 heterocycles. The van der Waals surface area contributed by atoms with Crippen LogP contribution in [0.4, 0.5) is 0 Å². The van der Waals surface area contributed by atoms with Crippen LogP contribution in [0.2, 0.25) is 0 Å². The number of aliphatic hydroxyl groups is 1. The van der Waals surface area contributed by atoms with E-state index in [0.29, 0.717) is 11.1 Å². The lowest BCUT2D eigenvalue weighted by molar-refractivity contribution is 0.0197. The van der Waals surface area contributed by atoms with Crippen LogP contribution in [0.15, 0.2) is 30.3 Å². The van der Waals surface area contributed by atoms with Crippen molar-refractivity contribution in [2.24, 2.45) is 0 Å². The van der Waals surface area contributed by atoms with E-state index < -0.39 is 12.2 Å². The fraction of sp³-hybridized carbons (Fsp3) is 0.200. The summed E-state index contributed by atoms with van der Waals surface area (Å²) in [6.45, 7) is 0. The Balaban J connectivity index is 0.00000176. The number of benzene rings is 2. The molecule has 5 N–H and O–H groups in total. The van der Waals surface area contributed by atoms with E-state index in [1.807, 2.05) is 0 Å². The molecule has 2 unspecified atom stereocenters. The second-order valence-electron chi connectivity index (χ2n) is 5.00. The van der Waals surface area contributed by atoms with E-state index >= 15 is 0 Å². The number of hydrogen-bond acceptors (Lipinski definition) is 6. The van der Waals surface area contributed by atoms with Crippen molar-refractivity contribution in [3.05, 3.63) is 41.5 Å². The van der Waals surface area contributed by atoms with Gasteiger partial charge < -0.3 is 30.3 Å². The Bertz CT molecular complexity index is 703. The standard InChI is InChI=1S/C15H14O6.BH3/c16-8-4-11(18)9-6-13(20)15(21-14(9)5-8)7-1-2-10(17)12(19)3-7;/h1-5,13,15-20H,6H2;1H3. The first-order valence-electron chi connectivity index (χ1n) is 6.37. The van der Waals surface area contributed by atoms with Gasteiger partial charge in [0.15, 0.2) is 11.5 Å². The summed E-state index contributed by atoms with van der Waals surface area (Å²) in [4.78, 5) is 0. The molecule has 0 fully saturated rings. The van der Waals surface area contributed by atoms with Crippen LogP contribution >= 0.6 is 0 Å². The molecule has 0 radical (unpaired) electrons. The Hall–Kier alpha value is -2.54. The maximum absolute atomic E-state index is 10.2. The molecule has 2 atom stereocenters. The van der Waals surface area contributed by atoms with Crippen LogP contribution in [0, 0.1) is 0 Å². The van der Waals surface area contributed by atoms with Crippen LogP contribution in [-0.2, 0) is 6.42 Å². The van der Waals surface area contributed by atoms with Gasteiger partial charge in [-0.05, 0) is 17.7 Å². The van der Waals surface area contributed by atoms with Crippen LogP contribution in [0.5, 0.6) is 28.7 Å². The molecule has 2 aromatic carbocycles. The molecule has 0 amide bonds. The second-order valence-corrected chi connectivity index (χ2v) is 5.00. The molecule has 1 aliphatic heterocycles. The Kier molecular flexibility index (Phi) is 4.10. The highest BCUT2D eigenvalue weighted by atomic mass is 16.5. The van der Waals surface area contributed by atoms with Gasteiger partial charge in [0, 0.05) is 24.1 Å². The monoisotopic (exact) mass is 304 g/mol. The molecule has 0 saturated heterocycles. The number of hydrogen-bond donors (Lipinski definition) is 5. The molecule has 0 aromatic heterocycles. The third-order valence-corrected chi connectivity index (χ3v) is 3.51. The van der Waals surface area contributed by atoms with Gasteiger partial charge in [-0.1, -0.05) is 6.07 Å². The van der Waals surface area contributed by atoms with E-state index in [4.69, 9.17) is 4.74 Å². The third-order valence-electron chi connectivity index (χ3n) is 3.51. The summed E-state index contributed by atoms with van der Waals surface area (Å²) in [5.41, 5.74) is 0.894. The van der Waals surface area contributed by atoms with Crippen molar-refractivity contribution in [1.82, 2.24) is 0 Å². The predicted molar refractivity (Wildman–Crippen MR) is 82.6 cm³/mol. The molecular formula is C15H17BO6. The highest BCUT2D eigenvalue weighted by molar-refractivity contribution is 5.75. The number of aromatic hydroxyl groups is 4. The lowest BCUT2D eigenvalue weighted by Crippen LogP contribution is -2.30. The number of fused-ring (bicyclic) bond motifs is 1. The first-order valence-corrected chi connectivity index (χ1v) is 6.37. The Morgan fingerprint density at radius 3 is 2.32 bits per heavy atom. The fourth-order valence-electron chi connectivity index (χ4n) is 2.47. The van der Waals surface area contributed by atoms with E-state index in [1.54, 1.807) is 0 Å². The molecule has 0 saturated carbocycles. The molecule has 0 spiro atoms. The van der Waals surface area contributed by atoms with Crippen LogP contribution < -0.4 is 4.74 Å². The number of rotatable bonds is 1. The van der Waals surface area contributed by atoms with Gasteiger partial charge in [-0.2, -0.15) is 0 Å². The van der Waals surface area contributed by atoms with Gasteiger partial charge in [0.25, 0.3) is 0 Å². The van der Waals surface area contributed by atoms with E-state index in [0.717, 1.165) is 0 Å². The van der Waals surface area contributed by atoms with Crippen LogP contribution in [0.1, 0.15) is 17.2 Å². The molecule has 22 heavy (non-hydrogen) atoms. The molecule has 3 rings (SSSR count). The summed E-state index contributed by atoms with van der Waals surface area (Å²) < 4.78 is 5.62. The van der Waals surface area contributed by atoms with Gasteiger partial charge in [-0.3, -0.25) is 0 Å².